The number of carboxylic acid groups (broad SMARTS) is 1. The fraction of sp³-hybridized carbons (Fsp3) is 0.133. The number of aromatic nitrogens is 1. The van der Waals surface area contributed by atoms with E-state index in [0.717, 1.165) is 11.8 Å². The van der Waals surface area contributed by atoms with E-state index in [2.05, 4.69) is 10.3 Å². The van der Waals surface area contributed by atoms with Crippen LogP contribution in [0.25, 0.3) is 0 Å². The summed E-state index contributed by atoms with van der Waals surface area (Å²) in [6, 6.07) is 7.92. The zero-order valence-electron chi connectivity index (χ0n) is 14.1. The normalized spacial score (nSPS) is 9.75. The first-order valence-electron chi connectivity index (χ1n) is 6.47. The topological polar surface area (TPSA) is 88.5 Å². The molecule has 24 heavy (non-hydrogen) atoms. The number of ether oxygens (including phenoxy) is 1. The Morgan fingerprint density at radius 3 is 2.83 bits per heavy atom. The number of carbonyl (C=O) groups excluding carboxylic acids is 1. The zero-order valence-corrected chi connectivity index (χ0v) is 16.6. The van der Waals surface area contributed by atoms with Crippen molar-refractivity contribution < 1.29 is 50.4 Å². The van der Waals surface area contributed by atoms with Gasteiger partial charge >= 0.3 is 35.5 Å². The van der Waals surface area contributed by atoms with E-state index in [4.69, 9.17) is 21.4 Å². The monoisotopic (exact) mass is 376 g/mol. The molecule has 0 saturated heterocycles. The van der Waals surface area contributed by atoms with Gasteiger partial charge in [-0.15, -0.1) is 0 Å². The van der Waals surface area contributed by atoms with Crippen LogP contribution in [0.15, 0.2) is 41.6 Å². The van der Waals surface area contributed by atoms with Gasteiger partial charge in [-0.05, 0) is 36.0 Å². The van der Waals surface area contributed by atoms with Crippen molar-refractivity contribution in [3.8, 4) is 5.75 Å². The van der Waals surface area contributed by atoms with E-state index in [1.807, 2.05) is 0 Å². The van der Waals surface area contributed by atoms with Crippen LogP contribution in [-0.2, 0) is 4.79 Å². The van der Waals surface area contributed by atoms with Crippen LogP contribution in [0.1, 0.15) is 11.8 Å². The molecule has 6 nitrogen and oxygen atoms in total. The zero-order chi connectivity index (χ0) is 16.8. The molecule has 0 spiro atoms. The molecule has 122 valence electrons. The molecule has 0 aliphatic heterocycles. The summed E-state index contributed by atoms with van der Waals surface area (Å²) in [7, 11) is 1.52. The number of carbonyl (C=O) groups is 2. The number of aromatic carboxylic acids is 1. The first-order chi connectivity index (χ1) is 11.0. The number of nitrogens with zero attached hydrogens (tertiary/aromatic N) is 1. The summed E-state index contributed by atoms with van der Waals surface area (Å²) in [4.78, 5) is 27.0. The smallest absolute Gasteiger partial charge is 1.00 e. The van der Waals surface area contributed by atoms with E-state index in [0.29, 0.717) is 16.5 Å². The van der Waals surface area contributed by atoms with Crippen molar-refractivity contribution in [2.75, 3.05) is 19.0 Å². The van der Waals surface area contributed by atoms with Gasteiger partial charge < -0.3 is 16.6 Å². The van der Waals surface area contributed by atoms with Crippen LogP contribution >= 0.6 is 23.4 Å². The second-order valence-electron chi connectivity index (χ2n) is 4.37. The maximum Gasteiger partial charge on any atom is 1.00 e. The molecule has 1 aromatic carbocycles. The molecule has 9 heteroatoms. The van der Waals surface area contributed by atoms with Crippen molar-refractivity contribution in [3.63, 3.8) is 0 Å². The van der Waals surface area contributed by atoms with Crippen LogP contribution in [0.2, 0.25) is 5.02 Å². The number of nitrogens with one attached hydrogen (secondary N) is 1. The predicted octanol–water partition coefficient (Wildman–Crippen LogP) is 0.289. The van der Waals surface area contributed by atoms with Gasteiger partial charge in [0, 0.05) is 23.0 Å². The summed E-state index contributed by atoms with van der Waals surface area (Å²) in [5, 5.41) is 12.4. The third-order valence-corrected chi connectivity index (χ3v) is 3.86. The number of anilines is 1. The van der Waals surface area contributed by atoms with E-state index in [-0.39, 0.29) is 53.2 Å². The Hall–Kier alpha value is -1.25. The van der Waals surface area contributed by atoms with Crippen molar-refractivity contribution in [1.29, 1.82) is 0 Å². The molecule has 1 heterocycles. The predicted molar refractivity (Wildman–Crippen MR) is 89.7 cm³/mol. The van der Waals surface area contributed by atoms with E-state index in [1.54, 1.807) is 18.2 Å². The van der Waals surface area contributed by atoms with Crippen molar-refractivity contribution in [2.24, 2.45) is 0 Å². The Labute approximate surface area is 171 Å². The van der Waals surface area contributed by atoms with Gasteiger partial charge in [0.25, 0.3) is 0 Å². The van der Waals surface area contributed by atoms with Crippen molar-refractivity contribution in [1.82, 2.24) is 4.98 Å². The molecular weight excluding hydrogens is 363 g/mol. The number of methoxy groups -OCH3 is 1. The molecule has 0 aliphatic carbocycles. The average Bonchev–Trinajstić information content (AvgIpc) is 2.52. The minimum atomic E-state index is -1.12. The Morgan fingerprint density at radius 1 is 1.42 bits per heavy atom. The second kappa shape index (κ2) is 9.90. The van der Waals surface area contributed by atoms with Crippen LogP contribution in [0.4, 0.5) is 5.69 Å². The molecule has 0 fully saturated rings. The summed E-state index contributed by atoms with van der Waals surface area (Å²) >= 11 is 6.72. The molecular formula is C15H14ClN2NaO4S. The quantitative estimate of drug-likeness (QED) is 0.553. The maximum atomic E-state index is 12.0. The maximum absolute atomic E-state index is 12.0. The van der Waals surface area contributed by atoms with E-state index < -0.39 is 5.97 Å². The number of carboxylic acids is 1. The Bertz CT molecular complexity index is 751. The SMILES string of the molecule is COc1cc(Cl)cc(NCC(=O)Sc2ncccc2C(=O)O)c1.[H-].[Na+]. The molecule has 0 aliphatic rings. The molecule has 0 bridgehead atoms. The van der Waals surface area contributed by atoms with Crippen LogP contribution in [-0.4, -0.2) is 34.8 Å². The average molecular weight is 377 g/mol. The number of halogens is 1. The van der Waals surface area contributed by atoms with E-state index in [9.17, 15) is 9.59 Å². The minimum Gasteiger partial charge on any atom is -1.00 e. The molecule has 0 unspecified atom stereocenters. The van der Waals surface area contributed by atoms with Crippen molar-refractivity contribution in [3.05, 3.63) is 47.1 Å². The number of thioether (sulfide) groups is 1. The number of benzene rings is 1. The minimum absolute atomic E-state index is 0. The van der Waals surface area contributed by atoms with Gasteiger partial charge in [0.15, 0.2) is 0 Å². The third-order valence-electron chi connectivity index (χ3n) is 2.76. The number of pyridine rings is 1. The third kappa shape index (κ3) is 5.99. The summed E-state index contributed by atoms with van der Waals surface area (Å²) in [5.74, 6) is -0.557. The standard InChI is InChI=1S/C15H13ClN2O4S.Na.H/c1-22-11-6-9(16)5-10(7-11)18-8-13(19)23-14-12(15(20)21)3-2-4-17-14;;/h2-7,18H,8H2,1H3,(H,20,21);;/q;+1;-1. The van der Waals surface area contributed by atoms with E-state index in [1.165, 1.54) is 25.4 Å². The van der Waals surface area contributed by atoms with Gasteiger partial charge in [0.05, 0.1) is 19.2 Å². The molecule has 0 saturated carbocycles. The Balaban J connectivity index is 0.00000288. The Kier molecular flexibility index (Phi) is 8.58. The first-order valence-corrected chi connectivity index (χ1v) is 7.66. The van der Waals surface area contributed by atoms with Gasteiger partial charge in [-0.2, -0.15) is 0 Å². The van der Waals surface area contributed by atoms with Gasteiger partial charge in [-0.25, -0.2) is 9.78 Å². The van der Waals surface area contributed by atoms with Crippen LogP contribution in [0.3, 0.4) is 0 Å². The van der Waals surface area contributed by atoms with Gasteiger partial charge in [0.1, 0.15) is 10.8 Å². The van der Waals surface area contributed by atoms with Gasteiger partial charge in [-0.3, -0.25) is 4.79 Å². The van der Waals surface area contributed by atoms with Crippen molar-refractivity contribution >= 4 is 40.1 Å². The Morgan fingerprint density at radius 2 is 2.17 bits per heavy atom. The molecule has 0 amide bonds. The van der Waals surface area contributed by atoms with Crippen LogP contribution < -0.4 is 39.6 Å². The summed E-state index contributed by atoms with van der Waals surface area (Å²) in [6.45, 7) is -0.0101. The summed E-state index contributed by atoms with van der Waals surface area (Å²) in [5.41, 5.74) is 0.623. The fourth-order valence-corrected chi connectivity index (χ4v) is 2.70. The first kappa shape index (κ1) is 20.8. The summed E-state index contributed by atoms with van der Waals surface area (Å²) < 4.78 is 5.09. The molecule has 2 aromatic rings. The van der Waals surface area contributed by atoms with Gasteiger partial charge in [-0.1, -0.05) is 11.6 Å². The van der Waals surface area contributed by atoms with Crippen LogP contribution in [0.5, 0.6) is 5.75 Å². The molecule has 0 radical (unpaired) electrons. The summed E-state index contributed by atoms with van der Waals surface area (Å²) in [6.07, 6.45) is 1.44. The molecule has 0 atom stereocenters. The number of rotatable bonds is 6. The molecule has 2 rings (SSSR count). The molecule has 2 N–H and O–H groups in total. The molecule has 1 aromatic heterocycles. The fourth-order valence-electron chi connectivity index (χ4n) is 1.74. The van der Waals surface area contributed by atoms with Gasteiger partial charge in [0.2, 0.25) is 5.12 Å². The van der Waals surface area contributed by atoms with Crippen molar-refractivity contribution in [2.45, 2.75) is 5.03 Å². The number of hydrogen-bond donors (Lipinski definition) is 2. The van der Waals surface area contributed by atoms with E-state index >= 15 is 0 Å². The van der Waals surface area contributed by atoms with Crippen LogP contribution in [0, 0.1) is 0 Å². The number of hydrogen-bond acceptors (Lipinski definition) is 6. The largest absolute Gasteiger partial charge is 1.00 e. The second-order valence-corrected chi connectivity index (χ2v) is 5.85.